The van der Waals surface area contributed by atoms with Gasteiger partial charge in [0.1, 0.15) is 8.07 Å². The third kappa shape index (κ3) is 4.64. The van der Waals surface area contributed by atoms with Gasteiger partial charge in [0, 0.05) is 5.56 Å². The van der Waals surface area contributed by atoms with Crippen molar-refractivity contribution in [3.05, 3.63) is 71.3 Å². The van der Waals surface area contributed by atoms with Crippen LogP contribution in [0.25, 0.3) is 0 Å². The summed E-state index contributed by atoms with van der Waals surface area (Å²) in [5.41, 5.74) is 9.51. The van der Waals surface area contributed by atoms with Gasteiger partial charge in [-0.05, 0) is 52.4 Å². The Morgan fingerprint density at radius 2 is 1.44 bits per heavy atom. The van der Waals surface area contributed by atoms with Crippen LogP contribution < -0.4 is 0 Å². The average molecular weight is 348 g/mol. The standard InChI is InChI=1S/C24H31Si/c1-19(2)25(20(3)4,21(5)6)16-15-23-13-10-14-24(18-23)17-22-11-8-7-9-12-22/h7-9,11-14,18-21H,17H2,1-6H3. The Labute approximate surface area is 155 Å². The molecule has 0 heterocycles. The van der Waals surface area contributed by atoms with E-state index in [0.29, 0.717) is 16.6 Å². The summed E-state index contributed by atoms with van der Waals surface area (Å²) in [4.78, 5) is 0. The van der Waals surface area contributed by atoms with Crippen LogP contribution in [0, 0.1) is 17.5 Å². The minimum absolute atomic E-state index is 0.663. The van der Waals surface area contributed by atoms with Crippen LogP contribution in [0.1, 0.15) is 58.2 Å². The summed E-state index contributed by atoms with van der Waals surface area (Å²) in [6, 6.07) is 20.2. The summed E-state index contributed by atoms with van der Waals surface area (Å²) in [6.45, 7) is 14.2. The van der Waals surface area contributed by atoms with Crippen molar-refractivity contribution in [3.8, 4) is 11.5 Å². The van der Waals surface area contributed by atoms with Crippen molar-refractivity contribution in [2.75, 3.05) is 0 Å². The fourth-order valence-electron chi connectivity index (χ4n) is 4.14. The summed E-state index contributed by atoms with van der Waals surface area (Å²) in [5, 5.41) is 0. The van der Waals surface area contributed by atoms with Crippen LogP contribution in [0.15, 0.2) is 48.5 Å². The van der Waals surface area contributed by atoms with Gasteiger partial charge in [0.05, 0.1) is 0 Å². The van der Waals surface area contributed by atoms with E-state index in [-0.39, 0.29) is 0 Å². The number of benzene rings is 2. The van der Waals surface area contributed by atoms with Crippen molar-refractivity contribution in [1.29, 1.82) is 0 Å². The highest BCUT2D eigenvalue weighted by molar-refractivity contribution is 6.90. The molecule has 0 amide bonds. The normalized spacial score (nSPS) is 11.7. The van der Waals surface area contributed by atoms with Gasteiger partial charge in [0.15, 0.2) is 0 Å². The van der Waals surface area contributed by atoms with Crippen molar-refractivity contribution in [2.45, 2.75) is 64.6 Å². The lowest BCUT2D eigenvalue weighted by Gasteiger charge is -2.38. The topological polar surface area (TPSA) is 0 Å². The number of hydrogen-bond acceptors (Lipinski definition) is 0. The second kappa shape index (κ2) is 8.54. The first-order valence-electron chi connectivity index (χ1n) is 9.43. The molecule has 0 spiro atoms. The predicted molar refractivity (Wildman–Crippen MR) is 112 cm³/mol. The summed E-state index contributed by atoms with van der Waals surface area (Å²) in [6.07, 6.45) is 0.938. The minimum Gasteiger partial charge on any atom is -0.125 e. The summed E-state index contributed by atoms with van der Waals surface area (Å²) < 4.78 is 0. The number of hydrogen-bond donors (Lipinski definition) is 0. The van der Waals surface area contributed by atoms with Gasteiger partial charge in [-0.3, -0.25) is 0 Å². The van der Waals surface area contributed by atoms with E-state index in [1.807, 2.05) is 6.07 Å². The first-order chi connectivity index (χ1) is 11.9. The van der Waals surface area contributed by atoms with Crippen molar-refractivity contribution >= 4 is 8.07 Å². The molecule has 1 radical (unpaired) electrons. The van der Waals surface area contributed by atoms with Crippen molar-refractivity contribution in [2.24, 2.45) is 0 Å². The van der Waals surface area contributed by atoms with E-state index in [1.54, 1.807) is 0 Å². The lowest BCUT2D eigenvalue weighted by atomic mass is 10.0. The van der Waals surface area contributed by atoms with E-state index in [4.69, 9.17) is 0 Å². The average Bonchev–Trinajstić information content (AvgIpc) is 2.55. The van der Waals surface area contributed by atoms with Crippen LogP contribution in [-0.2, 0) is 6.42 Å². The summed E-state index contributed by atoms with van der Waals surface area (Å²) >= 11 is 0. The van der Waals surface area contributed by atoms with Gasteiger partial charge in [-0.15, -0.1) is 5.54 Å². The zero-order chi connectivity index (χ0) is 18.4. The highest BCUT2D eigenvalue weighted by Gasteiger charge is 2.41. The Hall–Kier alpha value is -1.78. The van der Waals surface area contributed by atoms with E-state index in [9.17, 15) is 0 Å². The van der Waals surface area contributed by atoms with Gasteiger partial charge in [0.2, 0.25) is 0 Å². The molecule has 2 aromatic carbocycles. The van der Waals surface area contributed by atoms with Gasteiger partial charge in [-0.2, -0.15) is 0 Å². The zero-order valence-electron chi connectivity index (χ0n) is 16.6. The Morgan fingerprint density at radius 3 is 2.00 bits per heavy atom. The van der Waals surface area contributed by atoms with Crippen molar-refractivity contribution in [1.82, 2.24) is 0 Å². The molecule has 0 aliphatic heterocycles. The lowest BCUT2D eigenvalue weighted by molar-refractivity contribution is 0.838. The van der Waals surface area contributed by atoms with Gasteiger partial charge < -0.3 is 0 Å². The Balaban J connectivity index is 2.31. The van der Waals surface area contributed by atoms with Crippen LogP contribution in [0.2, 0.25) is 16.6 Å². The molecule has 0 aliphatic carbocycles. The molecule has 0 atom stereocenters. The van der Waals surface area contributed by atoms with Crippen LogP contribution in [-0.4, -0.2) is 8.07 Å². The molecule has 25 heavy (non-hydrogen) atoms. The van der Waals surface area contributed by atoms with Crippen LogP contribution in [0.4, 0.5) is 0 Å². The summed E-state index contributed by atoms with van der Waals surface area (Å²) in [5.74, 6) is 3.54. The molecular formula is C24H31Si. The van der Waals surface area contributed by atoms with Crippen LogP contribution >= 0.6 is 0 Å². The molecule has 0 unspecified atom stereocenters. The van der Waals surface area contributed by atoms with E-state index < -0.39 is 8.07 Å². The monoisotopic (exact) mass is 347 g/mol. The second-order valence-corrected chi connectivity index (χ2v) is 13.5. The molecule has 0 nitrogen and oxygen atoms in total. The van der Waals surface area contributed by atoms with Crippen LogP contribution in [0.5, 0.6) is 0 Å². The number of rotatable bonds is 5. The SMILES string of the molecule is CC(C)[Si](C#Cc1c[c]cc(Cc2ccccc2)c1)(C(C)C)C(C)C. The molecule has 131 valence electrons. The second-order valence-electron chi connectivity index (χ2n) is 7.94. The molecular weight excluding hydrogens is 316 g/mol. The van der Waals surface area contributed by atoms with E-state index in [0.717, 1.165) is 12.0 Å². The summed E-state index contributed by atoms with van der Waals surface area (Å²) in [7, 11) is -1.68. The van der Waals surface area contributed by atoms with Gasteiger partial charge in [-0.1, -0.05) is 83.9 Å². The fourth-order valence-corrected chi connectivity index (χ4v) is 9.37. The molecule has 0 saturated carbocycles. The third-order valence-electron chi connectivity index (χ3n) is 5.39. The minimum atomic E-state index is -1.68. The van der Waals surface area contributed by atoms with Crippen LogP contribution in [0.3, 0.4) is 0 Å². The van der Waals surface area contributed by atoms with E-state index >= 15 is 0 Å². The van der Waals surface area contributed by atoms with Gasteiger partial charge in [-0.25, -0.2) is 0 Å². The smallest absolute Gasteiger partial charge is 0.125 e. The Bertz CT molecular complexity index is 708. The molecule has 0 fully saturated rings. The highest BCUT2D eigenvalue weighted by atomic mass is 28.3. The maximum Gasteiger partial charge on any atom is 0.146 e. The Morgan fingerprint density at radius 1 is 0.840 bits per heavy atom. The largest absolute Gasteiger partial charge is 0.146 e. The first-order valence-corrected chi connectivity index (χ1v) is 11.7. The molecule has 0 aromatic heterocycles. The molecule has 1 heteroatoms. The fraction of sp³-hybridized carbons (Fsp3) is 0.417. The maximum absolute atomic E-state index is 3.81. The van der Waals surface area contributed by atoms with E-state index in [2.05, 4.69) is 102 Å². The van der Waals surface area contributed by atoms with Crippen molar-refractivity contribution in [3.63, 3.8) is 0 Å². The van der Waals surface area contributed by atoms with Crippen molar-refractivity contribution < 1.29 is 0 Å². The third-order valence-corrected chi connectivity index (χ3v) is 11.7. The predicted octanol–water partition coefficient (Wildman–Crippen LogP) is 6.65. The molecule has 0 bridgehead atoms. The molecule has 2 aromatic rings. The quantitative estimate of drug-likeness (QED) is 0.420. The maximum atomic E-state index is 3.81. The van der Waals surface area contributed by atoms with Gasteiger partial charge in [0.25, 0.3) is 0 Å². The lowest BCUT2D eigenvalue weighted by Crippen LogP contribution is -2.43. The molecule has 0 aliphatic rings. The first kappa shape index (κ1) is 19.5. The van der Waals surface area contributed by atoms with Gasteiger partial charge >= 0.3 is 0 Å². The van der Waals surface area contributed by atoms with E-state index in [1.165, 1.54) is 11.1 Å². The zero-order valence-corrected chi connectivity index (χ0v) is 17.6. The molecule has 0 N–H and O–H groups in total. The molecule has 2 rings (SSSR count). The highest BCUT2D eigenvalue weighted by Crippen LogP contribution is 2.40. The molecule has 0 saturated heterocycles. The Kier molecular flexibility index (Phi) is 6.68.